The van der Waals surface area contributed by atoms with Crippen molar-refractivity contribution in [1.82, 2.24) is 19.4 Å². The lowest BCUT2D eigenvalue weighted by Gasteiger charge is -2.25. The third-order valence-corrected chi connectivity index (χ3v) is 6.16. The highest BCUT2D eigenvalue weighted by atomic mass is 16.5. The Kier molecular flexibility index (Phi) is 7.60. The van der Waals surface area contributed by atoms with Gasteiger partial charge < -0.3 is 29.7 Å². The molecule has 190 valence electrons. The lowest BCUT2D eigenvalue weighted by molar-refractivity contribution is -0.105. The van der Waals surface area contributed by atoms with Crippen LogP contribution >= 0.6 is 0 Å². The maximum absolute atomic E-state index is 11.4. The molecule has 4 aromatic rings. The standard InChI is InChI=1S/C28H31N7O2/c1-7-19-8-9-20-21(17-35(5)25(20)14-19)22-10-11-29-28(31-22)32-24-15-23(30-18-36)26(16-27(24)37-6)34(4)13-12-33(2)3/h1,8-11,14-18H,12-13H2,2-6H3,(H,30,36)(H,29,31,32). The van der Waals surface area contributed by atoms with Crippen LogP contribution in [0.15, 0.2) is 48.8 Å². The number of fused-ring (bicyclic) bond motifs is 1. The minimum atomic E-state index is 0.402. The van der Waals surface area contributed by atoms with Crippen molar-refractivity contribution in [3.63, 3.8) is 0 Å². The number of nitrogens with zero attached hydrogens (tertiary/aromatic N) is 5. The molecule has 1 amide bonds. The molecule has 0 spiro atoms. The van der Waals surface area contributed by atoms with Crippen molar-refractivity contribution in [1.29, 1.82) is 0 Å². The number of likely N-dealkylation sites (N-methyl/N-ethyl adjacent to an activating group) is 2. The molecule has 0 unspecified atom stereocenters. The molecule has 0 radical (unpaired) electrons. The highest BCUT2D eigenvalue weighted by Gasteiger charge is 2.16. The van der Waals surface area contributed by atoms with Crippen molar-refractivity contribution in [2.24, 2.45) is 7.05 Å². The second-order valence-electron chi connectivity index (χ2n) is 8.98. The number of carbonyl (C=O) groups is 1. The molecule has 37 heavy (non-hydrogen) atoms. The number of benzene rings is 2. The number of hydrogen-bond acceptors (Lipinski definition) is 7. The highest BCUT2D eigenvalue weighted by Crippen LogP contribution is 2.38. The van der Waals surface area contributed by atoms with Crippen LogP contribution in [0.2, 0.25) is 0 Å². The van der Waals surface area contributed by atoms with Gasteiger partial charge in [-0.05, 0) is 38.4 Å². The Morgan fingerprint density at radius 2 is 1.95 bits per heavy atom. The van der Waals surface area contributed by atoms with Gasteiger partial charge in [0, 0.05) is 67.7 Å². The quantitative estimate of drug-likeness (QED) is 0.254. The van der Waals surface area contributed by atoms with Gasteiger partial charge >= 0.3 is 0 Å². The molecule has 2 N–H and O–H groups in total. The van der Waals surface area contributed by atoms with Gasteiger partial charge in [-0.15, -0.1) is 6.42 Å². The lowest BCUT2D eigenvalue weighted by atomic mass is 10.1. The predicted octanol–water partition coefficient (Wildman–Crippen LogP) is 3.93. The summed E-state index contributed by atoms with van der Waals surface area (Å²) in [5.41, 5.74) is 5.71. The zero-order valence-corrected chi connectivity index (χ0v) is 21.7. The van der Waals surface area contributed by atoms with E-state index in [1.807, 2.05) is 75.4 Å². The molecule has 2 heterocycles. The zero-order chi connectivity index (χ0) is 26.5. The normalized spacial score (nSPS) is 10.8. The molecule has 0 saturated heterocycles. The van der Waals surface area contributed by atoms with E-state index in [4.69, 9.17) is 16.1 Å². The molecule has 0 fully saturated rings. The summed E-state index contributed by atoms with van der Waals surface area (Å²) >= 11 is 0. The van der Waals surface area contributed by atoms with E-state index in [0.717, 1.165) is 46.5 Å². The van der Waals surface area contributed by atoms with Crippen molar-refractivity contribution in [3.8, 4) is 29.4 Å². The monoisotopic (exact) mass is 497 g/mol. The number of anilines is 4. The summed E-state index contributed by atoms with van der Waals surface area (Å²) in [5.74, 6) is 3.69. The van der Waals surface area contributed by atoms with E-state index in [-0.39, 0.29) is 0 Å². The molecule has 0 aliphatic rings. The maximum Gasteiger partial charge on any atom is 0.227 e. The molecular weight excluding hydrogens is 466 g/mol. The third-order valence-electron chi connectivity index (χ3n) is 6.16. The number of hydrogen-bond donors (Lipinski definition) is 2. The molecule has 0 bridgehead atoms. The van der Waals surface area contributed by atoms with Gasteiger partial charge in [0.15, 0.2) is 0 Å². The minimum Gasteiger partial charge on any atom is -0.494 e. The molecular formula is C28H31N7O2. The Hall–Kier alpha value is -4.55. The van der Waals surface area contributed by atoms with E-state index >= 15 is 0 Å². The van der Waals surface area contributed by atoms with Gasteiger partial charge in [0.2, 0.25) is 12.4 Å². The summed E-state index contributed by atoms with van der Waals surface area (Å²) in [6.07, 6.45) is 9.98. The van der Waals surface area contributed by atoms with E-state index in [1.54, 1.807) is 13.3 Å². The molecule has 0 aliphatic carbocycles. The number of aryl methyl sites for hydroxylation is 1. The lowest BCUT2D eigenvalue weighted by Crippen LogP contribution is -2.29. The van der Waals surface area contributed by atoms with Crippen LogP contribution in [0.1, 0.15) is 5.56 Å². The number of amides is 1. The summed E-state index contributed by atoms with van der Waals surface area (Å²) in [7, 11) is 9.61. The topological polar surface area (TPSA) is 87.6 Å². The second kappa shape index (κ2) is 11.0. The van der Waals surface area contributed by atoms with Gasteiger partial charge in [-0.3, -0.25) is 4.79 Å². The largest absolute Gasteiger partial charge is 0.494 e. The summed E-state index contributed by atoms with van der Waals surface area (Å²) in [5, 5.41) is 7.11. The number of terminal acetylenes is 1. The Labute approximate surface area is 217 Å². The average Bonchev–Trinajstić information content (AvgIpc) is 3.23. The average molecular weight is 498 g/mol. The maximum atomic E-state index is 11.4. The molecule has 0 atom stereocenters. The fraction of sp³-hybridized carbons (Fsp3) is 0.250. The van der Waals surface area contributed by atoms with Gasteiger partial charge in [-0.1, -0.05) is 12.0 Å². The summed E-state index contributed by atoms with van der Waals surface area (Å²) < 4.78 is 7.71. The number of rotatable bonds is 10. The molecule has 0 aliphatic heterocycles. The van der Waals surface area contributed by atoms with Crippen LogP contribution in [0.4, 0.5) is 23.0 Å². The van der Waals surface area contributed by atoms with Crippen LogP contribution in [-0.4, -0.2) is 67.2 Å². The fourth-order valence-corrected chi connectivity index (χ4v) is 4.17. The molecule has 2 aromatic carbocycles. The van der Waals surface area contributed by atoms with E-state index in [0.29, 0.717) is 29.5 Å². The predicted molar refractivity (Wildman–Crippen MR) is 150 cm³/mol. The molecule has 9 nitrogen and oxygen atoms in total. The number of carbonyl (C=O) groups excluding carboxylic acids is 1. The number of aromatic nitrogens is 3. The smallest absolute Gasteiger partial charge is 0.227 e. The number of ether oxygens (including phenoxy) is 1. The van der Waals surface area contributed by atoms with Crippen LogP contribution in [-0.2, 0) is 11.8 Å². The van der Waals surface area contributed by atoms with Crippen molar-refractivity contribution in [2.45, 2.75) is 0 Å². The Morgan fingerprint density at radius 3 is 2.65 bits per heavy atom. The van der Waals surface area contributed by atoms with Crippen LogP contribution in [0.5, 0.6) is 5.75 Å². The number of methoxy groups -OCH3 is 1. The van der Waals surface area contributed by atoms with Gasteiger partial charge in [-0.2, -0.15) is 0 Å². The SMILES string of the molecule is C#Cc1ccc2c(-c3ccnc(Nc4cc(NC=O)c(N(C)CCN(C)C)cc4OC)n3)cn(C)c2c1. The van der Waals surface area contributed by atoms with Crippen LogP contribution in [0.25, 0.3) is 22.2 Å². The Balaban J connectivity index is 1.69. The fourth-order valence-electron chi connectivity index (χ4n) is 4.17. The molecule has 4 rings (SSSR count). The first kappa shape index (κ1) is 25.5. The van der Waals surface area contributed by atoms with Gasteiger partial charge in [0.1, 0.15) is 5.75 Å². The zero-order valence-electron chi connectivity index (χ0n) is 21.7. The number of nitrogens with one attached hydrogen (secondary N) is 2. The Morgan fingerprint density at radius 1 is 1.14 bits per heavy atom. The first-order valence-electron chi connectivity index (χ1n) is 11.8. The van der Waals surface area contributed by atoms with E-state index in [1.165, 1.54) is 0 Å². The van der Waals surface area contributed by atoms with Crippen molar-refractivity contribution < 1.29 is 9.53 Å². The Bertz CT molecular complexity index is 1470. The third kappa shape index (κ3) is 5.50. The van der Waals surface area contributed by atoms with Gasteiger partial charge in [0.05, 0.1) is 29.9 Å². The van der Waals surface area contributed by atoms with Crippen LogP contribution < -0.4 is 20.3 Å². The van der Waals surface area contributed by atoms with Crippen LogP contribution in [0.3, 0.4) is 0 Å². The van der Waals surface area contributed by atoms with Crippen molar-refractivity contribution in [2.75, 3.05) is 56.9 Å². The second-order valence-corrected chi connectivity index (χ2v) is 8.98. The van der Waals surface area contributed by atoms with E-state index in [9.17, 15) is 4.79 Å². The van der Waals surface area contributed by atoms with Gasteiger partial charge in [0.25, 0.3) is 0 Å². The minimum absolute atomic E-state index is 0.402. The van der Waals surface area contributed by atoms with E-state index in [2.05, 4.69) is 31.3 Å². The first-order chi connectivity index (χ1) is 17.8. The molecule has 9 heteroatoms. The highest BCUT2D eigenvalue weighted by molar-refractivity contribution is 5.96. The van der Waals surface area contributed by atoms with Crippen molar-refractivity contribution in [3.05, 3.63) is 54.4 Å². The van der Waals surface area contributed by atoms with Gasteiger partial charge in [-0.25, -0.2) is 9.97 Å². The summed E-state index contributed by atoms with van der Waals surface area (Å²) in [6.45, 7) is 1.63. The molecule has 2 aromatic heterocycles. The van der Waals surface area contributed by atoms with Crippen LogP contribution in [0, 0.1) is 12.3 Å². The van der Waals surface area contributed by atoms with E-state index < -0.39 is 0 Å². The molecule has 0 saturated carbocycles. The summed E-state index contributed by atoms with van der Waals surface area (Å²) in [6, 6.07) is 11.5. The van der Waals surface area contributed by atoms with Crippen molar-refractivity contribution >= 4 is 40.3 Å². The summed E-state index contributed by atoms with van der Waals surface area (Å²) in [4.78, 5) is 24.7. The first-order valence-corrected chi connectivity index (χ1v) is 11.8.